The van der Waals surface area contributed by atoms with Crippen molar-refractivity contribution in [2.24, 2.45) is 0 Å². The molecule has 13 heavy (non-hydrogen) atoms. The van der Waals surface area contributed by atoms with Gasteiger partial charge in [-0.05, 0) is 11.1 Å². The molecule has 0 radical (unpaired) electrons. The molecule has 0 saturated heterocycles. The average Bonchev–Trinajstić information content (AvgIpc) is 1.97. The van der Waals surface area contributed by atoms with Crippen molar-refractivity contribution in [3.63, 3.8) is 0 Å². The number of terminal acetylenes is 1. The monoisotopic (exact) mass is 198 g/mol. The zero-order valence-corrected chi connectivity index (χ0v) is 7.95. The van der Waals surface area contributed by atoms with Gasteiger partial charge in [0.1, 0.15) is 0 Å². The van der Waals surface area contributed by atoms with E-state index in [2.05, 4.69) is 37.1 Å². The van der Waals surface area contributed by atoms with Crippen LogP contribution in [0.3, 0.4) is 0 Å². The lowest BCUT2D eigenvalue weighted by Crippen LogP contribution is -1.88. The van der Waals surface area contributed by atoms with Gasteiger partial charge in [0.2, 0.25) is 0 Å². The third-order valence-corrected chi connectivity index (χ3v) is 1.22. The third kappa shape index (κ3) is 5.01. The van der Waals surface area contributed by atoms with Crippen molar-refractivity contribution in [3.8, 4) is 24.0 Å². The average molecular weight is 198 g/mol. The molecule has 0 saturated carbocycles. The minimum Gasteiger partial charge on any atom is -0.286 e. The molecule has 0 aliphatic heterocycles. The van der Waals surface area contributed by atoms with Gasteiger partial charge >= 0.3 is 0 Å². The van der Waals surface area contributed by atoms with Crippen LogP contribution in [0.15, 0.2) is 24.3 Å². The summed E-state index contributed by atoms with van der Waals surface area (Å²) in [6.45, 7) is 0. The molecule has 0 spiro atoms. The summed E-state index contributed by atoms with van der Waals surface area (Å²) in [5.74, 6) is 0. The number of rotatable bonds is 0. The Hall–Kier alpha value is -1.31. The Labute approximate surface area is 78.2 Å². The standard InChI is InChI=1S/C6H4.C2H2.CH4O3S/c1-2-6-4-3-5(1)6;1-2;1-5(2,3)4/h1-4H;1-2H;1H3,(H,2,3,4). The van der Waals surface area contributed by atoms with Gasteiger partial charge in [-0.3, -0.25) is 4.55 Å². The summed E-state index contributed by atoms with van der Waals surface area (Å²) in [7, 11) is -3.67. The molecule has 3 nitrogen and oxygen atoms in total. The van der Waals surface area contributed by atoms with E-state index in [9.17, 15) is 8.42 Å². The molecule has 1 N–H and O–H groups in total. The van der Waals surface area contributed by atoms with Crippen LogP contribution in [0.25, 0.3) is 11.1 Å². The SMILES string of the molecule is C#C.CS(=O)(=O)O.c1cc2ccc1-2. The Bertz CT molecular complexity index is 344. The quantitative estimate of drug-likeness (QED) is 0.514. The molecule has 2 aliphatic carbocycles. The fraction of sp³-hybridized carbons (Fsp3) is 0.111. The Balaban J connectivity index is 0.000000191. The van der Waals surface area contributed by atoms with E-state index >= 15 is 0 Å². The predicted molar refractivity (Wildman–Crippen MR) is 52.8 cm³/mol. The van der Waals surface area contributed by atoms with E-state index in [0.717, 1.165) is 0 Å². The Morgan fingerprint density at radius 2 is 1.23 bits per heavy atom. The second-order valence-corrected chi connectivity index (χ2v) is 3.78. The van der Waals surface area contributed by atoms with Gasteiger partial charge in [-0.25, -0.2) is 0 Å². The molecule has 2 rings (SSSR count). The predicted octanol–water partition coefficient (Wildman–Crippen LogP) is 1.42. The van der Waals surface area contributed by atoms with Crippen molar-refractivity contribution >= 4 is 10.1 Å². The molecule has 0 aromatic heterocycles. The van der Waals surface area contributed by atoms with Crippen molar-refractivity contribution in [1.29, 1.82) is 0 Å². The highest BCUT2D eigenvalue weighted by molar-refractivity contribution is 7.85. The van der Waals surface area contributed by atoms with E-state index in [4.69, 9.17) is 4.55 Å². The molecule has 70 valence electrons. The fourth-order valence-electron chi connectivity index (χ4n) is 0.663. The molecule has 4 heteroatoms. The van der Waals surface area contributed by atoms with E-state index in [-0.39, 0.29) is 0 Å². The van der Waals surface area contributed by atoms with Gasteiger partial charge in [-0.1, -0.05) is 24.3 Å². The van der Waals surface area contributed by atoms with Gasteiger partial charge in [0.15, 0.2) is 0 Å². The molecule has 0 unspecified atom stereocenters. The maximum Gasteiger partial charge on any atom is 0.261 e. The normalized spacial score (nSPS) is 9.85. The van der Waals surface area contributed by atoms with Gasteiger partial charge in [0.25, 0.3) is 10.1 Å². The fourth-order valence-corrected chi connectivity index (χ4v) is 0.663. The molecule has 0 atom stereocenters. The van der Waals surface area contributed by atoms with Crippen molar-refractivity contribution < 1.29 is 13.0 Å². The van der Waals surface area contributed by atoms with Crippen molar-refractivity contribution in [3.05, 3.63) is 24.3 Å². The van der Waals surface area contributed by atoms with E-state index in [1.54, 1.807) is 0 Å². The summed E-state index contributed by atoms with van der Waals surface area (Å²) < 4.78 is 25.9. The van der Waals surface area contributed by atoms with Crippen molar-refractivity contribution in [2.75, 3.05) is 6.26 Å². The van der Waals surface area contributed by atoms with Gasteiger partial charge in [0, 0.05) is 0 Å². The second kappa shape index (κ2) is 4.65. The van der Waals surface area contributed by atoms with Crippen LogP contribution >= 0.6 is 0 Å². The Kier molecular flexibility index (Phi) is 4.18. The molecule has 0 bridgehead atoms. The number of fused-ring (bicyclic) bond motifs is 1. The Morgan fingerprint density at radius 1 is 1.08 bits per heavy atom. The lowest BCUT2D eigenvalue weighted by atomic mass is 9.95. The first-order valence-corrected chi connectivity index (χ1v) is 5.18. The van der Waals surface area contributed by atoms with Crippen molar-refractivity contribution in [2.45, 2.75) is 0 Å². The van der Waals surface area contributed by atoms with Crippen LogP contribution in [-0.4, -0.2) is 19.2 Å². The van der Waals surface area contributed by atoms with E-state index in [0.29, 0.717) is 6.26 Å². The zero-order chi connectivity index (χ0) is 10.5. The van der Waals surface area contributed by atoms with Gasteiger partial charge in [0.05, 0.1) is 6.26 Å². The van der Waals surface area contributed by atoms with Gasteiger partial charge in [-0.15, -0.1) is 12.8 Å². The lowest BCUT2D eigenvalue weighted by molar-refractivity contribution is 0.490. The van der Waals surface area contributed by atoms with Crippen LogP contribution in [0.2, 0.25) is 0 Å². The summed E-state index contributed by atoms with van der Waals surface area (Å²) in [4.78, 5) is 0. The molecular weight excluding hydrogens is 188 g/mol. The highest BCUT2D eigenvalue weighted by Gasteiger charge is 2.03. The first kappa shape index (κ1) is 11.7. The van der Waals surface area contributed by atoms with E-state index < -0.39 is 10.1 Å². The highest BCUT2D eigenvalue weighted by Crippen LogP contribution is 2.29. The molecule has 0 heterocycles. The van der Waals surface area contributed by atoms with Crippen LogP contribution in [0.1, 0.15) is 0 Å². The highest BCUT2D eigenvalue weighted by atomic mass is 32.2. The first-order chi connectivity index (χ1) is 5.97. The molecule has 0 aromatic rings. The van der Waals surface area contributed by atoms with Crippen LogP contribution in [-0.2, 0) is 10.1 Å². The molecule has 2 aliphatic rings. The van der Waals surface area contributed by atoms with Crippen LogP contribution in [0.4, 0.5) is 0 Å². The maximum absolute atomic E-state index is 9.19. The summed E-state index contributed by atoms with van der Waals surface area (Å²) in [6, 6.07) is 8.48. The zero-order valence-electron chi connectivity index (χ0n) is 7.14. The minimum atomic E-state index is -3.67. The molecular formula is C9H10O3S. The van der Waals surface area contributed by atoms with Gasteiger partial charge in [-0.2, -0.15) is 8.42 Å². The number of benzene rings is 1. The lowest BCUT2D eigenvalue weighted by Gasteiger charge is -2.10. The molecule has 0 fully saturated rings. The van der Waals surface area contributed by atoms with Crippen LogP contribution < -0.4 is 0 Å². The van der Waals surface area contributed by atoms with Gasteiger partial charge < -0.3 is 0 Å². The Morgan fingerprint density at radius 3 is 1.23 bits per heavy atom. The summed E-state index contributed by atoms with van der Waals surface area (Å²) in [6.07, 6.45) is 8.72. The first-order valence-electron chi connectivity index (χ1n) is 3.33. The van der Waals surface area contributed by atoms with Crippen molar-refractivity contribution in [1.82, 2.24) is 0 Å². The number of hydrogen-bond acceptors (Lipinski definition) is 2. The summed E-state index contributed by atoms with van der Waals surface area (Å²) in [5, 5.41) is 0. The summed E-state index contributed by atoms with van der Waals surface area (Å²) in [5.41, 5.74) is 2.85. The topological polar surface area (TPSA) is 54.4 Å². The van der Waals surface area contributed by atoms with E-state index in [1.165, 1.54) is 11.1 Å². The largest absolute Gasteiger partial charge is 0.286 e. The minimum absolute atomic E-state index is 0.715. The maximum atomic E-state index is 9.19. The summed E-state index contributed by atoms with van der Waals surface area (Å²) >= 11 is 0. The molecule has 0 amide bonds. The van der Waals surface area contributed by atoms with Crippen LogP contribution in [0.5, 0.6) is 0 Å². The third-order valence-electron chi connectivity index (χ3n) is 1.22. The second-order valence-electron chi connectivity index (χ2n) is 2.31. The smallest absolute Gasteiger partial charge is 0.261 e. The van der Waals surface area contributed by atoms with Crippen LogP contribution in [0, 0.1) is 12.8 Å². The molecule has 0 aromatic carbocycles. The van der Waals surface area contributed by atoms with E-state index in [1.807, 2.05) is 0 Å². The number of hydrogen-bond donors (Lipinski definition) is 1.